The lowest BCUT2D eigenvalue weighted by Gasteiger charge is -2.13. The van der Waals surface area contributed by atoms with Gasteiger partial charge in [0.1, 0.15) is 5.82 Å². The summed E-state index contributed by atoms with van der Waals surface area (Å²) in [6.45, 7) is 1.63. The summed E-state index contributed by atoms with van der Waals surface area (Å²) in [6.07, 6.45) is 0.733. The van der Waals surface area contributed by atoms with Crippen LogP contribution in [0.5, 0.6) is 0 Å². The smallest absolute Gasteiger partial charge is 0.129 e. The first kappa shape index (κ1) is 10.2. The predicted molar refractivity (Wildman–Crippen MR) is 49.5 cm³/mol. The SMILES string of the molecule is CCC(N)c1cccc(F)c1CO. The molecule has 72 valence electrons. The number of aliphatic hydroxyl groups is 1. The summed E-state index contributed by atoms with van der Waals surface area (Å²) >= 11 is 0. The Kier molecular flexibility index (Phi) is 3.39. The number of rotatable bonds is 3. The molecular formula is C10H14FNO. The summed E-state index contributed by atoms with van der Waals surface area (Å²) in [4.78, 5) is 0. The largest absolute Gasteiger partial charge is 0.392 e. The third-order valence-corrected chi connectivity index (χ3v) is 2.15. The second kappa shape index (κ2) is 4.35. The van der Waals surface area contributed by atoms with E-state index in [1.165, 1.54) is 6.07 Å². The van der Waals surface area contributed by atoms with Crippen LogP contribution < -0.4 is 5.73 Å². The van der Waals surface area contributed by atoms with Crippen LogP contribution in [-0.2, 0) is 6.61 Å². The van der Waals surface area contributed by atoms with Gasteiger partial charge in [-0.05, 0) is 18.1 Å². The molecule has 0 amide bonds. The third kappa shape index (κ3) is 2.05. The Labute approximate surface area is 77.2 Å². The van der Waals surface area contributed by atoms with Gasteiger partial charge in [-0.25, -0.2) is 4.39 Å². The molecule has 1 unspecified atom stereocenters. The number of hydrogen-bond acceptors (Lipinski definition) is 2. The van der Waals surface area contributed by atoms with Crippen molar-refractivity contribution in [3.8, 4) is 0 Å². The van der Waals surface area contributed by atoms with Gasteiger partial charge in [-0.1, -0.05) is 19.1 Å². The molecule has 0 aliphatic heterocycles. The van der Waals surface area contributed by atoms with E-state index in [1.54, 1.807) is 12.1 Å². The molecule has 0 aliphatic carbocycles. The van der Waals surface area contributed by atoms with Crippen LogP contribution in [0.4, 0.5) is 4.39 Å². The van der Waals surface area contributed by atoms with Gasteiger partial charge in [0.15, 0.2) is 0 Å². The van der Waals surface area contributed by atoms with E-state index < -0.39 is 0 Å². The van der Waals surface area contributed by atoms with Gasteiger partial charge in [0.2, 0.25) is 0 Å². The lowest BCUT2D eigenvalue weighted by Crippen LogP contribution is -2.12. The maximum Gasteiger partial charge on any atom is 0.129 e. The van der Waals surface area contributed by atoms with Crippen molar-refractivity contribution >= 4 is 0 Å². The zero-order chi connectivity index (χ0) is 9.84. The second-order valence-corrected chi connectivity index (χ2v) is 2.98. The number of halogens is 1. The lowest BCUT2D eigenvalue weighted by molar-refractivity contribution is 0.273. The fourth-order valence-corrected chi connectivity index (χ4v) is 1.31. The Bertz CT molecular complexity index is 288. The molecule has 1 atom stereocenters. The summed E-state index contributed by atoms with van der Waals surface area (Å²) in [5.41, 5.74) is 6.78. The summed E-state index contributed by atoms with van der Waals surface area (Å²) in [6, 6.07) is 4.50. The van der Waals surface area contributed by atoms with Crippen LogP contribution in [0.25, 0.3) is 0 Å². The van der Waals surface area contributed by atoms with E-state index in [9.17, 15) is 4.39 Å². The molecular weight excluding hydrogens is 169 g/mol. The van der Waals surface area contributed by atoms with Crippen molar-refractivity contribution in [2.24, 2.45) is 5.73 Å². The number of aliphatic hydroxyl groups excluding tert-OH is 1. The van der Waals surface area contributed by atoms with Crippen molar-refractivity contribution in [2.75, 3.05) is 0 Å². The Balaban J connectivity index is 3.12. The average molecular weight is 183 g/mol. The quantitative estimate of drug-likeness (QED) is 0.749. The van der Waals surface area contributed by atoms with Crippen molar-refractivity contribution in [3.63, 3.8) is 0 Å². The number of benzene rings is 1. The monoisotopic (exact) mass is 183 g/mol. The van der Waals surface area contributed by atoms with Gasteiger partial charge in [0.05, 0.1) is 6.61 Å². The zero-order valence-corrected chi connectivity index (χ0v) is 7.63. The molecule has 0 aromatic heterocycles. The third-order valence-electron chi connectivity index (χ3n) is 2.15. The van der Waals surface area contributed by atoms with Crippen molar-refractivity contribution < 1.29 is 9.50 Å². The molecule has 0 aliphatic rings. The molecule has 1 rings (SSSR count). The van der Waals surface area contributed by atoms with Crippen LogP contribution in [0.3, 0.4) is 0 Å². The molecule has 0 spiro atoms. The molecule has 13 heavy (non-hydrogen) atoms. The highest BCUT2D eigenvalue weighted by Crippen LogP contribution is 2.21. The first-order valence-electron chi connectivity index (χ1n) is 4.34. The Hall–Kier alpha value is -0.930. The van der Waals surface area contributed by atoms with Gasteiger partial charge in [0.25, 0.3) is 0 Å². The molecule has 0 bridgehead atoms. The Morgan fingerprint density at radius 2 is 2.23 bits per heavy atom. The zero-order valence-electron chi connectivity index (χ0n) is 7.63. The predicted octanol–water partition coefficient (Wildman–Crippen LogP) is 1.73. The minimum atomic E-state index is -0.385. The van der Waals surface area contributed by atoms with Crippen molar-refractivity contribution in [3.05, 3.63) is 35.1 Å². The van der Waals surface area contributed by atoms with Crippen molar-refractivity contribution in [2.45, 2.75) is 26.0 Å². The summed E-state index contributed by atoms with van der Waals surface area (Å²) in [5.74, 6) is -0.385. The van der Waals surface area contributed by atoms with Gasteiger partial charge in [-0.3, -0.25) is 0 Å². The Morgan fingerprint density at radius 1 is 1.54 bits per heavy atom. The Morgan fingerprint density at radius 3 is 2.77 bits per heavy atom. The topological polar surface area (TPSA) is 46.2 Å². The van der Waals surface area contributed by atoms with Gasteiger partial charge in [-0.2, -0.15) is 0 Å². The van der Waals surface area contributed by atoms with E-state index in [4.69, 9.17) is 10.8 Å². The highest BCUT2D eigenvalue weighted by molar-refractivity contribution is 5.30. The van der Waals surface area contributed by atoms with Crippen LogP contribution in [0.15, 0.2) is 18.2 Å². The molecule has 3 N–H and O–H groups in total. The van der Waals surface area contributed by atoms with E-state index in [0.717, 1.165) is 6.42 Å². The molecule has 0 saturated heterocycles. The molecule has 1 aromatic carbocycles. The first-order valence-corrected chi connectivity index (χ1v) is 4.34. The highest BCUT2D eigenvalue weighted by Gasteiger charge is 2.11. The van der Waals surface area contributed by atoms with Gasteiger partial charge >= 0.3 is 0 Å². The number of nitrogens with two attached hydrogens (primary N) is 1. The van der Waals surface area contributed by atoms with Crippen molar-refractivity contribution in [1.29, 1.82) is 0 Å². The van der Waals surface area contributed by atoms with Gasteiger partial charge in [-0.15, -0.1) is 0 Å². The summed E-state index contributed by atoms with van der Waals surface area (Å²) < 4.78 is 13.1. The van der Waals surface area contributed by atoms with Crippen molar-refractivity contribution in [1.82, 2.24) is 0 Å². The molecule has 0 saturated carbocycles. The minimum absolute atomic E-state index is 0.196. The molecule has 0 radical (unpaired) electrons. The lowest BCUT2D eigenvalue weighted by atomic mass is 9.99. The molecule has 0 heterocycles. The maximum atomic E-state index is 13.1. The van der Waals surface area contributed by atoms with Gasteiger partial charge in [0, 0.05) is 11.6 Å². The molecule has 2 nitrogen and oxygen atoms in total. The average Bonchev–Trinajstić information content (AvgIpc) is 2.16. The van der Waals surface area contributed by atoms with Crippen LogP contribution in [-0.4, -0.2) is 5.11 Å². The second-order valence-electron chi connectivity index (χ2n) is 2.98. The van der Waals surface area contributed by atoms with E-state index in [2.05, 4.69) is 0 Å². The first-order chi connectivity index (χ1) is 6.20. The molecule has 1 aromatic rings. The summed E-state index contributed by atoms with van der Waals surface area (Å²) in [5, 5.41) is 8.95. The van der Waals surface area contributed by atoms with Crippen LogP contribution >= 0.6 is 0 Å². The fraction of sp³-hybridized carbons (Fsp3) is 0.400. The normalized spacial score (nSPS) is 12.9. The maximum absolute atomic E-state index is 13.1. The van der Waals surface area contributed by atoms with Crippen LogP contribution in [0.1, 0.15) is 30.5 Å². The van der Waals surface area contributed by atoms with Gasteiger partial charge < -0.3 is 10.8 Å². The highest BCUT2D eigenvalue weighted by atomic mass is 19.1. The van der Waals surface area contributed by atoms with Crippen LogP contribution in [0.2, 0.25) is 0 Å². The molecule has 0 fully saturated rings. The van der Waals surface area contributed by atoms with E-state index >= 15 is 0 Å². The fourth-order valence-electron chi connectivity index (χ4n) is 1.31. The molecule has 3 heteroatoms. The van der Waals surface area contributed by atoms with E-state index in [1.807, 2.05) is 6.92 Å². The van der Waals surface area contributed by atoms with Crippen LogP contribution in [0, 0.1) is 5.82 Å². The summed E-state index contributed by atoms with van der Waals surface area (Å²) in [7, 11) is 0. The minimum Gasteiger partial charge on any atom is -0.392 e. The van der Waals surface area contributed by atoms with E-state index in [0.29, 0.717) is 11.1 Å². The number of hydrogen-bond donors (Lipinski definition) is 2. The van der Waals surface area contributed by atoms with E-state index in [-0.39, 0.29) is 18.5 Å². The standard InChI is InChI=1S/C10H14FNO/c1-2-10(12)7-4-3-5-9(11)8(7)6-13/h3-5,10,13H,2,6,12H2,1H3.